The van der Waals surface area contributed by atoms with Crippen molar-refractivity contribution in [1.29, 1.82) is 5.26 Å². The van der Waals surface area contributed by atoms with Gasteiger partial charge in [0.15, 0.2) is 0 Å². The predicted octanol–water partition coefficient (Wildman–Crippen LogP) is 2.53. The summed E-state index contributed by atoms with van der Waals surface area (Å²) >= 11 is 0. The minimum atomic E-state index is -0.265. The van der Waals surface area contributed by atoms with Gasteiger partial charge in [-0.2, -0.15) is 5.26 Å². The normalized spacial score (nSPS) is 15.1. The van der Waals surface area contributed by atoms with Crippen molar-refractivity contribution in [3.63, 3.8) is 0 Å². The molecule has 1 aliphatic rings. The second-order valence-corrected chi connectivity index (χ2v) is 6.82. The van der Waals surface area contributed by atoms with Crippen LogP contribution in [0.2, 0.25) is 0 Å². The van der Waals surface area contributed by atoms with E-state index in [9.17, 15) is 10.1 Å². The van der Waals surface area contributed by atoms with Gasteiger partial charge in [0.05, 0.1) is 18.3 Å². The van der Waals surface area contributed by atoms with Crippen LogP contribution in [-0.2, 0) is 7.05 Å². The summed E-state index contributed by atoms with van der Waals surface area (Å²) in [4.78, 5) is 22.5. The zero-order chi connectivity index (χ0) is 19.0. The molecule has 0 radical (unpaired) electrons. The van der Waals surface area contributed by atoms with Crippen molar-refractivity contribution < 1.29 is 4.74 Å². The second-order valence-electron chi connectivity index (χ2n) is 6.82. The average molecular weight is 363 g/mol. The number of nitrogens with zero attached hydrogens (tertiary/aromatic N) is 4. The number of nitriles is 1. The number of methoxy groups -OCH3 is 1. The van der Waals surface area contributed by atoms with Crippen LogP contribution in [0.5, 0.6) is 5.75 Å². The maximum absolute atomic E-state index is 12.8. The number of ether oxygens (including phenoxy) is 1. The van der Waals surface area contributed by atoms with Gasteiger partial charge in [0.2, 0.25) is 0 Å². The number of anilines is 1. The Balaban J connectivity index is 1.80. The highest BCUT2D eigenvalue weighted by molar-refractivity contribution is 5.95. The number of nitrogens with one attached hydrogen (secondary N) is 1. The minimum absolute atomic E-state index is 0.190. The van der Waals surface area contributed by atoms with E-state index in [0.29, 0.717) is 17.4 Å². The van der Waals surface area contributed by atoms with E-state index in [-0.39, 0.29) is 11.1 Å². The van der Waals surface area contributed by atoms with Gasteiger partial charge in [0, 0.05) is 43.8 Å². The first-order valence-corrected chi connectivity index (χ1v) is 8.99. The summed E-state index contributed by atoms with van der Waals surface area (Å²) < 4.78 is 6.91. The van der Waals surface area contributed by atoms with Gasteiger partial charge in [-0.05, 0) is 31.0 Å². The highest BCUT2D eigenvalue weighted by Gasteiger charge is 2.27. The molecule has 0 atom stereocenters. The summed E-state index contributed by atoms with van der Waals surface area (Å²) in [6.45, 7) is 1.53. The SMILES string of the molecule is COc1ccc2c(c1)c(N1CCC(c3ncc[nH]3)CC1)c(C#N)c(=O)n2C. The standard InChI is InChI=1S/C20H21N5O2/c1-24-17-4-3-14(27-2)11-15(17)18(16(12-21)20(24)26)25-9-5-13(6-10-25)19-22-7-8-23-19/h3-4,7-8,11,13H,5-6,9-10H2,1-2H3,(H,22,23). The van der Waals surface area contributed by atoms with Gasteiger partial charge in [-0.15, -0.1) is 0 Å². The first kappa shape index (κ1) is 17.2. The smallest absolute Gasteiger partial charge is 0.270 e. The Hall–Kier alpha value is -3.27. The maximum atomic E-state index is 12.8. The average Bonchev–Trinajstić information content (AvgIpc) is 3.25. The number of piperidine rings is 1. The van der Waals surface area contributed by atoms with Gasteiger partial charge in [-0.1, -0.05) is 0 Å². The fraction of sp³-hybridized carbons (Fsp3) is 0.350. The van der Waals surface area contributed by atoms with E-state index < -0.39 is 0 Å². The van der Waals surface area contributed by atoms with E-state index in [1.807, 2.05) is 24.4 Å². The van der Waals surface area contributed by atoms with Crippen molar-refractivity contribution in [2.45, 2.75) is 18.8 Å². The van der Waals surface area contributed by atoms with Crippen LogP contribution in [0, 0.1) is 11.3 Å². The Morgan fingerprint density at radius 1 is 1.33 bits per heavy atom. The Morgan fingerprint density at radius 3 is 2.74 bits per heavy atom. The number of fused-ring (bicyclic) bond motifs is 1. The molecule has 4 rings (SSSR count). The molecule has 1 saturated heterocycles. The number of H-pyrrole nitrogens is 1. The first-order valence-electron chi connectivity index (χ1n) is 8.99. The van der Waals surface area contributed by atoms with Gasteiger partial charge in [0.1, 0.15) is 23.2 Å². The van der Waals surface area contributed by atoms with Crippen LogP contribution < -0.4 is 15.2 Å². The number of aromatic nitrogens is 3. The van der Waals surface area contributed by atoms with Crippen molar-refractivity contribution in [2.75, 3.05) is 25.1 Å². The molecule has 1 aliphatic heterocycles. The lowest BCUT2D eigenvalue weighted by atomic mass is 9.94. The third kappa shape index (κ3) is 2.83. The van der Waals surface area contributed by atoms with Crippen molar-refractivity contribution in [3.8, 4) is 11.8 Å². The molecule has 1 N–H and O–H groups in total. The number of hydrogen-bond donors (Lipinski definition) is 1. The van der Waals surface area contributed by atoms with Crippen LogP contribution in [0.15, 0.2) is 35.4 Å². The largest absolute Gasteiger partial charge is 0.497 e. The van der Waals surface area contributed by atoms with Crippen molar-refractivity contribution in [1.82, 2.24) is 14.5 Å². The van der Waals surface area contributed by atoms with Crippen LogP contribution in [0.25, 0.3) is 10.9 Å². The van der Waals surface area contributed by atoms with E-state index in [2.05, 4.69) is 20.9 Å². The molecule has 0 unspecified atom stereocenters. The number of imidazole rings is 1. The Morgan fingerprint density at radius 2 is 2.11 bits per heavy atom. The second kappa shape index (κ2) is 6.80. The van der Waals surface area contributed by atoms with E-state index >= 15 is 0 Å². The van der Waals surface area contributed by atoms with Crippen LogP contribution in [0.4, 0.5) is 5.69 Å². The highest BCUT2D eigenvalue weighted by Crippen LogP contribution is 2.35. The number of benzene rings is 1. The summed E-state index contributed by atoms with van der Waals surface area (Å²) in [6, 6.07) is 7.75. The first-order chi connectivity index (χ1) is 13.1. The number of hydrogen-bond acceptors (Lipinski definition) is 5. The number of aryl methyl sites for hydroxylation is 1. The topological polar surface area (TPSA) is 86.9 Å². The Kier molecular flexibility index (Phi) is 4.32. The molecular weight excluding hydrogens is 342 g/mol. The number of rotatable bonds is 3. The van der Waals surface area contributed by atoms with E-state index in [0.717, 1.165) is 42.7 Å². The molecule has 0 spiro atoms. The molecule has 1 aromatic carbocycles. The predicted molar refractivity (Wildman–Crippen MR) is 103 cm³/mol. The fourth-order valence-electron chi connectivity index (χ4n) is 3.94. The molecule has 2 aromatic heterocycles. The zero-order valence-corrected chi connectivity index (χ0v) is 15.4. The summed E-state index contributed by atoms with van der Waals surface area (Å²) in [5.41, 5.74) is 1.43. The molecule has 138 valence electrons. The molecule has 0 aliphatic carbocycles. The zero-order valence-electron chi connectivity index (χ0n) is 15.4. The van der Waals surface area contributed by atoms with E-state index in [1.165, 1.54) is 4.57 Å². The summed E-state index contributed by atoms with van der Waals surface area (Å²) in [7, 11) is 3.31. The number of pyridine rings is 1. The van der Waals surface area contributed by atoms with Crippen LogP contribution >= 0.6 is 0 Å². The van der Waals surface area contributed by atoms with Gasteiger partial charge >= 0.3 is 0 Å². The molecule has 0 bridgehead atoms. The third-order valence-corrected chi connectivity index (χ3v) is 5.40. The summed E-state index contributed by atoms with van der Waals surface area (Å²) in [5.74, 6) is 2.08. The number of aromatic amines is 1. The Bertz CT molecular complexity index is 1070. The lowest BCUT2D eigenvalue weighted by molar-refractivity contribution is 0.415. The molecule has 3 aromatic rings. The van der Waals surface area contributed by atoms with Crippen LogP contribution in [0.3, 0.4) is 0 Å². The van der Waals surface area contributed by atoms with Gasteiger partial charge < -0.3 is 19.2 Å². The molecule has 1 fully saturated rings. The molecule has 0 amide bonds. The van der Waals surface area contributed by atoms with Crippen molar-refractivity contribution in [3.05, 3.63) is 52.3 Å². The molecule has 0 saturated carbocycles. The monoisotopic (exact) mass is 363 g/mol. The molecule has 7 nitrogen and oxygen atoms in total. The van der Waals surface area contributed by atoms with Crippen LogP contribution in [-0.4, -0.2) is 34.7 Å². The molecular formula is C20H21N5O2. The Labute approximate surface area is 156 Å². The highest BCUT2D eigenvalue weighted by atomic mass is 16.5. The quantitative estimate of drug-likeness (QED) is 0.773. The van der Waals surface area contributed by atoms with E-state index in [1.54, 1.807) is 20.4 Å². The maximum Gasteiger partial charge on any atom is 0.270 e. The lowest BCUT2D eigenvalue weighted by Gasteiger charge is -2.34. The van der Waals surface area contributed by atoms with Crippen molar-refractivity contribution >= 4 is 16.6 Å². The van der Waals surface area contributed by atoms with Crippen molar-refractivity contribution in [2.24, 2.45) is 7.05 Å². The lowest BCUT2D eigenvalue weighted by Crippen LogP contribution is -2.36. The van der Waals surface area contributed by atoms with Gasteiger partial charge in [-0.3, -0.25) is 4.79 Å². The van der Waals surface area contributed by atoms with Crippen LogP contribution in [0.1, 0.15) is 30.1 Å². The van der Waals surface area contributed by atoms with Gasteiger partial charge in [0.25, 0.3) is 5.56 Å². The summed E-state index contributed by atoms with van der Waals surface area (Å²) in [6.07, 6.45) is 5.45. The molecule has 27 heavy (non-hydrogen) atoms. The third-order valence-electron chi connectivity index (χ3n) is 5.40. The summed E-state index contributed by atoms with van der Waals surface area (Å²) in [5, 5.41) is 10.6. The minimum Gasteiger partial charge on any atom is -0.497 e. The molecule has 3 heterocycles. The van der Waals surface area contributed by atoms with E-state index in [4.69, 9.17) is 4.74 Å². The van der Waals surface area contributed by atoms with Gasteiger partial charge in [-0.25, -0.2) is 4.98 Å². The fourth-order valence-corrected chi connectivity index (χ4v) is 3.94. The molecule has 7 heteroatoms.